The normalized spacial score (nSPS) is 20.2. The quantitative estimate of drug-likeness (QED) is 0.779. The Balaban J connectivity index is 1.51. The van der Waals surface area contributed by atoms with E-state index in [1.54, 1.807) is 15.9 Å². The number of nitrogens with one attached hydrogen (secondary N) is 3. The molecule has 3 rings (SSSR count). The Morgan fingerprint density at radius 3 is 2.62 bits per heavy atom. The summed E-state index contributed by atoms with van der Waals surface area (Å²) in [5.74, 6) is 0. The van der Waals surface area contributed by atoms with Gasteiger partial charge in [0, 0.05) is 31.4 Å². The second-order valence-corrected chi connectivity index (χ2v) is 7.84. The summed E-state index contributed by atoms with van der Waals surface area (Å²) in [6.07, 6.45) is 4.11. The number of benzene rings is 1. The number of hydrogen-bond donors (Lipinski definition) is 3. The zero-order chi connectivity index (χ0) is 18.7. The minimum Gasteiger partial charge on any atom is -0.326 e. The molecule has 1 fully saturated rings. The van der Waals surface area contributed by atoms with Crippen molar-refractivity contribution in [3.63, 3.8) is 0 Å². The molecule has 8 nitrogen and oxygen atoms in total. The van der Waals surface area contributed by atoms with Gasteiger partial charge < -0.3 is 10.2 Å². The first-order valence-electron chi connectivity index (χ1n) is 8.81. The molecular formula is C18H27N7O. The van der Waals surface area contributed by atoms with E-state index in [-0.39, 0.29) is 17.5 Å². The number of nitrogens with zero attached hydrogens (tertiary/aromatic N) is 4. The second kappa shape index (κ2) is 7.43. The van der Waals surface area contributed by atoms with Gasteiger partial charge in [0.25, 0.3) is 0 Å². The Morgan fingerprint density at radius 2 is 2.04 bits per heavy atom. The lowest BCUT2D eigenvalue weighted by molar-refractivity contribution is 0.217. The van der Waals surface area contributed by atoms with Crippen molar-refractivity contribution < 1.29 is 4.79 Å². The van der Waals surface area contributed by atoms with Crippen LogP contribution < -0.4 is 16.2 Å². The molecule has 0 saturated carbocycles. The lowest BCUT2D eigenvalue weighted by Crippen LogP contribution is -2.43. The van der Waals surface area contributed by atoms with Gasteiger partial charge in [-0.3, -0.25) is 10.9 Å². The summed E-state index contributed by atoms with van der Waals surface area (Å²) in [6, 6.07) is 8.00. The SMILES string of the molecule is CN(CC1CC(C(C)(C)C)NN1)C(=O)Nc1ccc(-n2cncn2)cc1. The van der Waals surface area contributed by atoms with E-state index in [4.69, 9.17) is 0 Å². The Bertz CT molecular complexity index is 721. The third-order valence-electron chi connectivity index (χ3n) is 4.67. The van der Waals surface area contributed by atoms with Gasteiger partial charge in [-0.2, -0.15) is 5.10 Å². The Hall–Kier alpha value is -2.45. The molecule has 140 valence electrons. The van der Waals surface area contributed by atoms with Crippen molar-refractivity contribution in [1.29, 1.82) is 0 Å². The molecule has 26 heavy (non-hydrogen) atoms. The summed E-state index contributed by atoms with van der Waals surface area (Å²) in [6.45, 7) is 7.29. The predicted molar refractivity (Wildman–Crippen MR) is 101 cm³/mol. The first kappa shape index (κ1) is 18.3. The number of anilines is 1. The van der Waals surface area contributed by atoms with Crippen molar-refractivity contribution in [2.75, 3.05) is 18.9 Å². The smallest absolute Gasteiger partial charge is 0.321 e. The number of amides is 2. The lowest BCUT2D eigenvalue weighted by Gasteiger charge is -2.26. The number of aromatic nitrogens is 3. The minimum atomic E-state index is -0.125. The van der Waals surface area contributed by atoms with Crippen molar-refractivity contribution in [3.05, 3.63) is 36.9 Å². The molecule has 2 amide bonds. The maximum atomic E-state index is 12.4. The number of carbonyl (C=O) groups excluding carboxylic acids is 1. The van der Waals surface area contributed by atoms with Gasteiger partial charge in [0.15, 0.2) is 0 Å². The Morgan fingerprint density at radius 1 is 1.31 bits per heavy atom. The highest BCUT2D eigenvalue weighted by molar-refractivity contribution is 5.89. The molecular weight excluding hydrogens is 330 g/mol. The third kappa shape index (κ3) is 4.39. The van der Waals surface area contributed by atoms with Crippen LogP contribution in [0, 0.1) is 5.41 Å². The second-order valence-electron chi connectivity index (χ2n) is 7.84. The van der Waals surface area contributed by atoms with E-state index in [1.165, 1.54) is 6.33 Å². The molecule has 1 aromatic heterocycles. The van der Waals surface area contributed by atoms with Gasteiger partial charge in [0.1, 0.15) is 12.7 Å². The fourth-order valence-electron chi connectivity index (χ4n) is 2.98. The van der Waals surface area contributed by atoms with Crippen LogP contribution in [0.5, 0.6) is 0 Å². The number of hydrogen-bond acceptors (Lipinski definition) is 5. The van der Waals surface area contributed by atoms with Gasteiger partial charge in [-0.05, 0) is 36.1 Å². The fourth-order valence-corrected chi connectivity index (χ4v) is 2.98. The van der Waals surface area contributed by atoms with Gasteiger partial charge in [-0.25, -0.2) is 14.5 Å². The van der Waals surface area contributed by atoms with Crippen molar-refractivity contribution in [1.82, 2.24) is 30.5 Å². The molecule has 2 heterocycles. The summed E-state index contributed by atoms with van der Waals surface area (Å²) in [7, 11) is 1.81. The van der Waals surface area contributed by atoms with Crippen LogP contribution in [0.25, 0.3) is 5.69 Å². The molecule has 2 aromatic rings. The van der Waals surface area contributed by atoms with E-state index < -0.39 is 0 Å². The third-order valence-corrected chi connectivity index (χ3v) is 4.67. The number of rotatable bonds is 4. The molecule has 2 atom stereocenters. The van der Waals surface area contributed by atoms with Crippen LogP contribution >= 0.6 is 0 Å². The zero-order valence-corrected chi connectivity index (χ0v) is 15.7. The summed E-state index contributed by atoms with van der Waals surface area (Å²) in [5.41, 5.74) is 8.46. The molecule has 0 aliphatic carbocycles. The van der Waals surface area contributed by atoms with Gasteiger partial charge in [-0.15, -0.1) is 0 Å². The largest absolute Gasteiger partial charge is 0.326 e. The molecule has 1 aliphatic heterocycles. The Labute approximate surface area is 154 Å². The van der Waals surface area contributed by atoms with E-state index >= 15 is 0 Å². The average molecular weight is 357 g/mol. The van der Waals surface area contributed by atoms with E-state index in [0.717, 1.165) is 17.8 Å². The number of hydrazine groups is 1. The lowest BCUT2D eigenvalue weighted by atomic mass is 9.84. The molecule has 0 radical (unpaired) electrons. The number of urea groups is 1. The highest BCUT2D eigenvalue weighted by Gasteiger charge is 2.33. The summed E-state index contributed by atoms with van der Waals surface area (Å²) >= 11 is 0. The molecule has 1 saturated heterocycles. The summed E-state index contributed by atoms with van der Waals surface area (Å²) < 4.78 is 1.67. The van der Waals surface area contributed by atoms with Crippen LogP contribution in [0.15, 0.2) is 36.9 Å². The highest BCUT2D eigenvalue weighted by atomic mass is 16.2. The van der Waals surface area contributed by atoms with E-state index in [0.29, 0.717) is 12.6 Å². The van der Waals surface area contributed by atoms with Crippen molar-refractivity contribution in [2.45, 2.75) is 39.3 Å². The standard InChI is InChI=1S/C18H27N7O/c1-18(2,3)16-9-14(22-23-16)10-24(4)17(26)21-13-5-7-15(8-6-13)25-12-19-11-20-25/h5-8,11-12,14,16,22-23H,9-10H2,1-4H3,(H,21,26). The molecule has 0 spiro atoms. The highest BCUT2D eigenvalue weighted by Crippen LogP contribution is 2.25. The molecule has 1 aliphatic rings. The van der Waals surface area contributed by atoms with Gasteiger partial charge >= 0.3 is 6.03 Å². The van der Waals surface area contributed by atoms with Crippen LogP contribution in [0.3, 0.4) is 0 Å². The average Bonchev–Trinajstić information content (AvgIpc) is 3.26. The van der Waals surface area contributed by atoms with E-state index in [1.807, 2.05) is 31.3 Å². The van der Waals surface area contributed by atoms with Crippen LogP contribution in [0.4, 0.5) is 10.5 Å². The predicted octanol–water partition coefficient (Wildman–Crippen LogP) is 2.01. The molecule has 8 heteroatoms. The van der Waals surface area contributed by atoms with Crippen molar-refractivity contribution in [2.24, 2.45) is 5.41 Å². The zero-order valence-electron chi connectivity index (χ0n) is 15.7. The molecule has 2 unspecified atom stereocenters. The Kier molecular flexibility index (Phi) is 5.24. The first-order chi connectivity index (χ1) is 12.3. The topological polar surface area (TPSA) is 87.1 Å². The molecule has 3 N–H and O–H groups in total. The maximum absolute atomic E-state index is 12.4. The maximum Gasteiger partial charge on any atom is 0.321 e. The van der Waals surface area contributed by atoms with Crippen molar-refractivity contribution >= 4 is 11.7 Å². The number of carbonyl (C=O) groups is 1. The first-order valence-corrected chi connectivity index (χ1v) is 8.81. The summed E-state index contributed by atoms with van der Waals surface area (Å²) in [5, 5.41) is 7.01. The minimum absolute atomic E-state index is 0.125. The number of likely N-dealkylation sites (N-methyl/N-ethyl adjacent to an activating group) is 1. The molecule has 0 bridgehead atoms. The van der Waals surface area contributed by atoms with Gasteiger partial charge in [0.2, 0.25) is 0 Å². The van der Waals surface area contributed by atoms with Crippen LogP contribution in [0.2, 0.25) is 0 Å². The van der Waals surface area contributed by atoms with Crippen molar-refractivity contribution in [3.8, 4) is 5.69 Å². The fraction of sp³-hybridized carbons (Fsp3) is 0.500. The van der Waals surface area contributed by atoms with Crippen LogP contribution in [-0.4, -0.2) is 51.4 Å². The van der Waals surface area contributed by atoms with Gasteiger partial charge in [-0.1, -0.05) is 20.8 Å². The van der Waals surface area contributed by atoms with Gasteiger partial charge in [0.05, 0.1) is 5.69 Å². The van der Waals surface area contributed by atoms with E-state index in [2.05, 4.69) is 47.0 Å². The van der Waals surface area contributed by atoms with Crippen LogP contribution in [-0.2, 0) is 0 Å². The van der Waals surface area contributed by atoms with E-state index in [9.17, 15) is 4.79 Å². The monoisotopic (exact) mass is 357 g/mol. The summed E-state index contributed by atoms with van der Waals surface area (Å²) in [4.78, 5) is 18.1. The van der Waals surface area contributed by atoms with Crippen LogP contribution in [0.1, 0.15) is 27.2 Å². The molecule has 1 aromatic carbocycles.